The van der Waals surface area contributed by atoms with Crippen molar-refractivity contribution in [2.45, 2.75) is 51.0 Å². The average molecular weight is 307 g/mol. The van der Waals surface area contributed by atoms with Crippen LogP contribution in [0.2, 0.25) is 0 Å². The van der Waals surface area contributed by atoms with Gasteiger partial charge in [0.15, 0.2) is 0 Å². The van der Waals surface area contributed by atoms with Gasteiger partial charge in [-0.05, 0) is 31.9 Å². The fourth-order valence-corrected chi connectivity index (χ4v) is 3.68. The second-order valence-electron chi connectivity index (χ2n) is 5.47. The van der Waals surface area contributed by atoms with Crippen LogP contribution < -0.4 is 5.73 Å². The smallest absolute Gasteiger partial charge is 0.268 e. The van der Waals surface area contributed by atoms with Gasteiger partial charge in [-0.2, -0.15) is 4.98 Å². The van der Waals surface area contributed by atoms with Gasteiger partial charge in [-0.1, -0.05) is 30.8 Å². The highest BCUT2D eigenvalue weighted by Gasteiger charge is 2.38. The van der Waals surface area contributed by atoms with Crippen LogP contribution in [-0.2, 0) is 10.3 Å². The number of ether oxygens (including phenoxy) is 1. The Bertz CT molecular complexity index is 585. The standard InChI is InChI=1S/C15H21N3O2S/c1-2-19-15(9-5-3-4-6-10-15)14-17-13(20-18-14)11-7-8-12(16)21-11/h7-8H,2-6,9-10,16H2,1H3. The Labute approximate surface area is 128 Å². The summed E-state index contributed by atoms with van der Waals surface area (Å²) in [5.74, 6) is 1.23. The van der Waals surface area contributed by atoms with Crippen molar-refractivity contribution in [3.63, 3.8) is 0 Å². The molecule has 0 amide bonds. The van der Waals surface area contributed by atoms with Gasteiger partial charge in [0.25, 0.3) is 5.89 Å². The van der Waals surface area contributed by atoms with E-state index in [1.807, 2.05) is 19.1 Å². The predicted molar refractivity (Wildman–Crippen MR) is 83.0 cm³/mol. The van der Waals surface area contributed by atoms with Crippen molar-refractivity contribution in [3.8, 4) is 10.8 Å². The Balaban J connectivity index is 1.91. The first-order chi connectivity index (χ1) is 10.2. The molecule has 0 aromatic carbocycles. The molecule has 2 heterocycles. The largest absolute Gasteiger partial charge is 0.391 e. The number of anilines is 1. The molecule has 0 aliphatic heterocycles. The summed E-state index contributed by atoms with van der Waals surface area (Å²) >= 11 is 1.46. The molecule has 5 nitrogen and oxygen atoms in total. The second kappa shape index (κ2) is 6.15. The molecular formula is C15H21N3O2S. The van der Waals surface area contributed by atoms with E-state index in [2.05, 4.69) is 10.1 Å². The van der Waals surface area contributed by atoms with Gasteiger partial charge in [0.1, 0.15) is 5.60 Å². The summed E-state index contributed by atoms with van der Waals surface area (Å²) in [5.41, 5.74) is 5.38. The fraction of sp³-hybridized carbons (Fsp3) is 0.600. The lowest BCUT2D eigenvalue weighted by Gasteiger charge is -2.29. The van der Waals surface area contributed by atoms with Crippen LogP contribution in [0.4, 0.5) is 5.00 Å². The lowest BCUT2D eigenvalue weighted by atomic mass is 9.93. The van der Waals surface area contributed by atoms with E-state index in [1.54, 1.807) is 0 Å². The molecule has 21 heavy (non-hydrogen) atoms. The van der Waals surface area contributed by atoms with E-state index in [0.29, 0.717) is 18.3 Å². The highest BCUT2D eigenvalue weighted by atomic mass is 32.1. The molecule has 0 unspecified atom stereocenters. The molecule has 0 radical (unpaired) electrons. The number of thiophene rings is 1. The van der Waals surface area contributed by atoms with Crippen LogP contribution in [0, 0.1) is 0 Å². The fourth-order valence-electron chi connectivity index (χ4n) is 2.98. The summed E-state index contributed by atoms with van der Waals surface area (Å²) < 4.78 is 11.5. The maximum absolute atomic E-state index is 6.08. The molecule has 0 saturated heterocycles. The topological polar surface area (TPSA) is 74.2 Å². The van der Waals surface area contributed by atoms with Gasteiger partial charge in [0.2, 0.25) is 5.82 Å². The lowest BCUT2D eigenvalue weighted by molar-refractivity contribution is -0.0636. The number of nitrogens with two attached hydrogens (primary N) is 1. The van der Waals surface area contributed by atoms with Gasteiger partial charge in [-0.25, -0.2) is 0 Å². The van der Waals surface area contributed by atoms with Crippen molar-refractivity contribution < 1.29 is 9.26 Å². The van der Waals surface area contributed by atoms with Crippen LogP contribution in [0.3, 0.4) is 0 Å². The predicted octanol–water partition coefficient (Wildman–Crippen LogP) is 3.97. The maximum Gasteiger partial charge on any atom is 0.268 e. The molecule has 0 spiro atoms. The van der Waals surface area contributed by atoms with Gasteiger partial charge in [0.05, 0.1) is 9.88 Å². The second-order valence-corrected chi connectivity index (χ2v) is 6.58. The van der Waals surface area contributed by atoms with Crippen molar-refractivity contribution in [3.05, 3.63) is 18.0 Å². The minimum atomic E-state index is -0.379. The Morgan fingerprint density at radius 1 is 1.29 bits per heavy atom. The molecule has 0 atom stereocenters. The van der Waals surface area contributed by atoms with E-state index in [1.165, 1.54) is 24.2 Å². The summed E-state index contributed by atoms with van der Waals surface area (Å²) in [6, 6.07) is 3.77. The molecule has 6 heteroatoms. The molecular weight excluding hydrogens is 286 g/mol. The molecule has 1 fully saturated rings. The summed E-state index contributed by atoms with van der Waals surface area (Å²) in [6.07, 6.45) is 6.73. The van der Waals surface area contributed by atoms with E-state index in [-0.39, 0.29) is 5.60 Å². The van der Waals surface area contributed by atoms with Crippen LogP contribution in [0.15, 0.2) is 16.7 Å². The lowest BCUT2D eigenvalue weighted by Crippen LogP contribution is -2.30. The Kier molecular flexibility index (Phi) is 4.26. The van der Waals surface area contributed by atoms with Crippen molar-refractivity contribution in [2.24, 2.45) is 0 Å². The van der Waals surface area contributed by atoms with E-state index in [9.17, 15) is 0 Å². The number of nitrogen functional groups attached to an aromatic ring is 1. The highest BCUT2D eigenvalue weighted by molar-refractivity contribution is 7.19. The molecule has 1 aliphatic carbocycles. The number of hydrogen-bond acceptors (Lipinski definition) is 6. The number of aromatic nitrogens is 2. The monoisotopic (exact) mass is 307 g/mol. The van der Waals surface area contributed by atoms with E-state index in [4.69, 9.17) is 15.0 Å². The van der Waals surface area contributed by atoms with Gasteiger partial charge >= 0.3 is 0 Å². The van der Waals surface area contributed by atoms with E-state index >= 15 is 0 Å². The third-order valence-corrected chi connectivity index (χ3v) is 4.91. The van der Waals surface area contributed by atoms with E-state index in [0.717, 1.165) is 35.6 Å². The van der Waals surface area contributed by atoms with Crippen LogP contribution in [-0.4, -0.2) is 16.7 Å². The Hall–Kier alpha value is -1.40. The SMILES string of the molecule is CCOC1(c2noc(-c3ccc(N)s3)n2)CCCCCC1. The van der Waals surface area contributed by atoms with Crippen LogP contribution in [0.5, 0.6) is 0 Å². The average Bonchev–Trinajstić information content (AvgIpc) is 3.06. The minimum absolute atomic E-state index is 0.379. The van der Waals surface area contributed by atoms with Gasteiger partial charge in [0, 0.05) is 6.61 Å². The first kappa shape index (κ1) is 14.5. The van der Waals surface area contributed by atoms with Crippen LogP contribution in [0.25, 0.3) is 10.8 Å². The first-order valence-electron chi connectivity index (χ1n) is 7.57. The zero-order valence-corrected chi connectivity index (χ0v) is 13.1. The van der Waals surface area contributed by atoms with Crippen molar-refractivity contribution >= 4 is 16.3 Å². The zero-order valence-electron chi connectivity index (χ0n) is 12.3. The molecule has 114 valence electrons. The number of rotatable bonds is 4. The first-order valence-corrected chi connectivity index (χ1v) is 8.39. The molecule has 2 aromatic heterocycles. The quantitative estimate of drug-likeness (QED) is 0.865. The number of nitrogens with zero attached hydrogens (tertiary/aromatic N) is 2. The summed E-state index contributed by atoms with van der Waals surface area (Å²) in [4.78, 5) is 5.51. The molecule has 1 aliphatic rings. The maximum atomic E-state index is 6.08. The molecule has 2 N–H and O–H groups in total. The van der Waals surface area contributed by atoms with Gasteiger partial charge in [-0.3, -0.25) is 0 Å². The third kappa shape index (κ3) is 2.96. The van der Waals surface area contributed by atoms with Gasteiger partial charge < -0.3 is 15.0 Å². The third-order valence-electron chi connectivity index (χ3n) is 4.00. The van der Waals surface area contributed by atoms with Crippen LogP contribution >= 0.6 is 11.3 Å². The Morgan fingerprint density at radius 3 is 2.67 bits per heavy atom. The highest BCUT2D eigenvalue weighted by Crippen LogP contribution is 2.39. The molecule has 0 bridgehead atoms. The zero-order chi connectivity index (χ0) is 14.7. The molecule has 1 saturated carbocycles. The summed E-state index contributed by atoms with van der Waals surface area (Å²) in [7, 11) is 0. The van der Waals surface area contributed by atoms with Crippen molar-refractivity contribution in [1.29, 1.82) is 0 Å². The molecule has 2 aromatic rings. The minimum Gasteiger partial charge on any atom is -0.391 e. The normalized spacial score (nSPS) is 18.5. The van der Waals surface area contributed by atoms with Crippen molar-refractivity contribution in [2.75, 3.05) is 12.3 Å². The van der Waals surface area contributed by atoms with Crippen LogP contribution in [0.1, 0.15) is 51.3 Å². The number of hydrogen-bond donors (Lipinski definition) is 1. The summed E-state index contributed by atoms with van der Waals surface area (Å²) in [5, 5.41) is 4.96. The van der Waals surface area contributed by atoms with Crippen molar-refractivity contribution in [1.82, 2.24) is 10.1 Å². The van der Waals surface area contributed by atoms with E-state index < -0.39 is 0 Å². The van der Waals surface area contributed by atoms with Gasteiger partial charge in [-0.15, -0.1) is 11.3 Å². The Morgan fingerprint density at radius 2 is 2.05 bits per heavy atom. The summed E-state index contributed by atoms with van der Waals surface area (Å²) in [6.45, 7) is 2.68. The molecule has 3 rings (SSSR count).